The van der Waals surface area contributed by atoms with Gasteiger partial charge in [0.25, 0.3) is 11.8 Å². The Morgan fingerprint density at radius 3 is 2.48 bits per heavy atom. The molecule has 8 heteroatoms. The third-order valence-corrected chi connectivity index (χ3v) is 5.05. The number of halogens is 1. The molecule has 1 aliphatic rings. The average Bonchev–Trinajstić information content (AvgIpc) is 3.12. The minimum absolute atomic E-state index is 0.111. The van der Waals surface area contributed by atoms with E-state index in [2.05, 4.69) is 5.10 Å². The molecule has 1 aliphatic heterocycles. The minimum Gasteiger partial charge on any atom is -0.392 e. The van der Waals surface area contributed by atoms with Gasteiger partial charge in [0.2, 0.25) is 0 Å². The summed E-state index contributed by atoms with van der Waals surface area (Å²) in [6, 6.07) is 15.0. The summed E-state index contributed by atoms with van der Waals surface area (Å²) in [5, 5.41) is 14.1. The summed E-state index contributed by atoms with van der Waals surface area (Å²) in [5.74, 6) is -1.53. The monoisotopic (exact) mass is 394 g/mol. The molecule has 0 radical (unpaired) electrons. The van der Waals surface area contributed by atoms with Gasteiger partial charge in [-0.25, -0.2) is 9.07 Å². The highest BCUT2D eigenvalue weighted by atomic mass is 19.1. The number of benzene rings is 2. The number of fused-ring (bicyclic) bond motifs is 1. The second kappa shape index (κ2) is 7.48. The van der Waals surface area contributed by atoms with Crippen molar-refractivity contribution in [2.45, 2.75) is 19.2 Å². The summed E-state index contributed by atoms with van der Waals surface area (Å²) in [4.78, 5) is 26.6. The molecule has 29 heavy (non-hydrogen) atoms. The number of aliphatic hydroxyl groups is 1. The van der Waals surface area contributed by atoms with Crippen LogP contribution < -0.4 is 5.73 Å². The SMILES string of the molecule is NC(=O)c1nn2c(c1CO)C(=O)N(Cc1ccc(F)cc1)CC2c1ccccc1. The standard InChI is InChI=1S/C21H19FN4O3/c22-15-8-6-13(7-9-15)10-25-11-17(14-4-2-1-3-5-14)26-19(21(25)29)16(12-27)18(24-26)20(23)28/h1-9,17,27H,10-12H2,(H2,23,28). The number of nitrogens with zero attached hydrogens (tertiary/aromatic N) is 3. The second-order valence-corrected chi connectivity index (χ2v) is 6.88. The minimum atomic E-state index is -0.805. The lowest BCUT2D eigenvalue weighted by Crippen LogP contribution is -2.43. The van der Waals surface area contributed by atoms with Crippen LogP contribution in [0.1, 0.15) is 43.7 Å². The summed E-state index contributed by atoms with van der Waals surface area (Å²) < 4.78 is 14.7. The third-order valence-electron chi connectivity index (χ3n) is 5.05. The van der Waals surface area contributed by atoms with Gasteiger partial charge in [0.1, 0.15) is 11.5 Å². The van der Waals surface area contributed by atoms with Crippen molar-refractivity contribution in [3.8, 4) is 0 Å². The lowest BCUT2D eigenvalue weighted by Gasteiger charge is -2.34. The quantitative estimate of drug-likeness (QED) is 0.690. The molecule has 2 heterocycles. The Labute approximate surface area is 166 Å². The van der Waals surface area contributed by atoms with Gasteiger partial charge in [-0.1, -0.05) is 42.5 Å². The van der Waals surface area contributed by atoms with E-state index in [1.807, 2.05) is 30.3 Å². The molecule has 2 amide bonds. The maximum atomic E-state index is 13.2. The number of aliphatic hydroxyl groups excluding tert-OH is 1. The molecular formula is C21H19FN4O3. The third kappa shape index (κ3) is 3.38. The molecule has 1 unspecified atom stereocenters. The Hall–Kier alpha value is -3.52. The van der Waals surface area contributed by atoms with Crippen LogP contribution in [0.15, 0.2) is 54.6 Å². The Bertz CT molecular complexity index is 1060. The molecule has 7 nitrogen and oxygen atoms in total. The molecule has 3 N–H and O–H groups in total. The van der Waals surface area contributed by atoms with Gasteiger partial charge in [-0.3, -0.25) is 9.59 Å². The number of aromatic nitrogens is 2. The van der Waals surface area contributed by atoms with Crippen LogP contribution in [-0.2, 0) is 13.2 Å². The van der Waals surface area contributed by atoms with Crippen molar-refractivity contribution < 1.29 is 19.1 Å². The van der Waals surface area contributed by atoms with Gasteiger partial charge in [-0.15, -0.1) is 0 Å². The number of hydrogen-bond acceptors (Lipinski definition) is 4. The molecule has 0 bridgehead atoms. The Morgan fingerprint density at radius 2 is 1.86 bits per heavy atom. The van der Waals surface area contributed by atoms with Gasteiger partial charge in [-0.05, 0) is 23.3 Å². The van der Waals surface area contributed by atoms with Crippen molar-refractivity contribution in [2.75, 3.05) is 6.54 Å². The number of carbonyl (C=O) groups excluding carboxylic acids is 2. The van der Waals surface area contributed by atoms with Crippen molar-refractivity contribution in [3.05, 3.63) is 88.5 Å². The Kier molecular flexibility index (Phi) is 4.85. The Balaban J connectivity index is 1.81. The highest BCUT2D eigenvalue weighted by molar-refractivity contribution is 6.00. The summed E-state index contributed by atoms with van der Waals surface area (Å²) in [5.41, 5.74) is 7.23. The van der Waals surface area contributed by atoms with Crippen molar-refractivity contribution in [1.29, 1.82) is 0 Å². The number of primary amides is 1. The van der Waals surface area contributed by atoms with Gasteiger partial charge >= 0.3 is 0 Å². The Morgan fingerprint density at radius 1 is 1.17 bits per heavy atom. The largest absolute Gasteiger partial charge is 0.392 e. The van der Waals surface area contributed by atoms with Crippen LogP contribution >= 0.6 is 0 Å². The zero-order valence-corrected chi connectivity index (χ0v) is 15.5. The lowest BCUT2D eigenvalue weighted by atomic mass is 10.0. The average molecular weight is 394 g/mol. The second-order valence-electron chi connectivity index (χ2n) is 6.88. The van der Waals surface area contributed by atoms with E-state index < -0.39 is 12.5 Å². The molecule has 3 aromatic rings. The first-order valence-corrected chi connectivity index (χ1v) is 9.10. The van der Waals surface area contributed by atoms with E-state index >= 15 is 0 Å². The maximum Gasteiger partial charge on any atom is 0.272 e. The van der Waals surface area contributed by atoms with Crippen LogP contribution in [0.5, 0.6) is 0 Å². The summed E-state index contributed by atoms with van der Waals surface area (Å²) in [7, 11) is 0. The predicted octanol–water partition coefficient (Wildman–Crippen LogP) is 1.86. The van der Waals surface area contributed by atoms with Gasteiger partial charge in [0.05, 0.1) is 12.6 Å². The molecule has 0 spiro atoms. The fourth-order valence-electron chi connectivity index (χ4n) is 3.66. The number of hydrogen-bond donors (Lipinski definition) is 2. The van der Waals surface area contributed by atoms with Gasteiger partial charge < -0.3 is 15.7 Å². The zero-order chi connectivity index (χ0) is 20.5. The normalized spacial score (nSPS) is 16.0. The van der Waals surface area contributed by atoms with Crippen LogP contribution in [-0.4, -0.2) is 38.1 Å². The van der Waals surface area contributed by atoms with Crippen LogP contribution in [0, 0.1) is 5.82 Å². The van der Waals surface area contributed by atoms with E-state index in [0.717, 1.165) is 11.1 Å². The van der Waals surface area contributed by atoms with Crippen LogP contribution in [0.4, 0.5) is 4.39 Å². The van der Waals surface area contributed by atoms with Crippen molar-refractivity contribution in [2.24, 2.45) is 5.73 Å². The molecule has 1 atom stereocenters. The molecule has 2 aromatic carbocycles. The number of rotatable bonds is 5. The molecule has 0 saturated carbocycles. The van der Waals surface area contributed by atoms with E-state index in [1.54, 1.807) is 17.0 Å². The molecule has 0 saturated heterocycles. The first-order valence-electron chi connectivity index (χ1n) is 9.10. The number of nitrogens with two attached hydrogens (primary N) is 1. The van der Waals surface area contributed by atoms with Crippen LogP contribution in [0.2, 0.25) is 0 Å². The molecule has 148 valence electrons. The molecular weight excluding hydrogens is 375 g/mol. The van der Waals surface area contributed by atoms with E-state index in [0.29, 0.717) is 6.54 Å². The summed E-state index contributed by atoms with van der Waals surface area (Å²) in [6.07, 6.45) is 0. The fraction of sp³-hybridized carbons (Fsp3) is 0.190. The molecule has 0 aliphatic carbocycles. The first kappa shape index (κ1) is 18.8. The highest BCUT2D eigenvalue weighted by Crippen LogP contribution is 2.31. The molecule has 0 fully saturated rings. The van der Waals surface area contributed by atoms with Gasteiger partial charge in [0.15, 0.2) is 5.69 Å². The fourth-order valence-corrected chi connectivity index (χ4v) is 3.66. The van der Waals surface area contributed by atoms with E-state index in [1.165, 1.54) is 16.8 Å². The summed E-state index contributed by atoms with van der Waals surface area (Å²) in [6.45, 7) is 0.0214. The van der Waals surface area contributed by atoms with Crippen molar-refractivity contribution in [1.82, 2.24) is 14.7 Å². The molecule has 4 rings (SSSR count). The zero-order valence-electron chi connectivity index (χ0n) is 15.5. The van der Waals surface area contributed by atoms with Gasteiger partial charge in [-0.2, -0.15) is 5.10 Å². The smallest absolute Gasteiger partial charge is 0.272 e. The topological polar surface area (TPSA) is 101 Å². The van der Waals surface area contributed by atoms with Crippen LogP contribution in [0.25, 0.3) is 0 Å². The first-order chi connectivity index (χ1) is 14.0. The molecule has 1 aromatic heterocycles. The highest BCUT2D eigenvalue weighted by Gasteiger charge is 2.37. The van der Waals surface area contributed by atoms with Crippen molar-refractivity contribution >= 4 is 11.8 Å². The lowest BCUT2D eigenvalue weighted by molar-refractivity contribution is 0.0656. The maximum absolute atomic E-state index is 13.2. The van der Waals surface area contributed by atoms with Gasteiger partial charge in [0, 0.05) is 18.7 Å². The number of carbonyl (C=O) groups is 2. The van der Waals surface area contributed by atoms with E-state index in [9.17, 15) is 19.1 Å². The predicted molar refractivity (Wildman–Crippen MR) is 102 cm³/mol. The van der Waals surface area contributed by atoms with Crippen molar-refractivity contribution in [3.63, 3.8) is 0 Å². The summed E-state index contributed by atoms with van der Waals surface area (Å²) >= 11 is 0. The van der Waals surface area contributed by atoms with E-state index in [-0.39, 0.29) is 41.3 Å². The van der Waals surface area contributed by atoms with Crippen LogP contribution in [0.3, 0.4) is 0 Å². The van der Waals surface area contributed by atoms with E-state index in [4.69, 9.17) is 5.73 Å². The number of amides is 2.